The van der Waals surface area contributed by atoms with Crippen molar-refractivity contribution in [2.75, 3.05) is 0 Å². The van der Waals surface area contributed by atoms with Gasteiger partial charge in [0.1, 0.15) is 0 Å². The zero-order valence-electron chi connectivity index (χ0n) is 9.95. The first-order valence-corrected chi connectivity index (χ1v) is 5.29. The van der Waals surface area contributed by atoms with E-state index in [0.717, 1.165) is 12.8 Å². The second-order valence-electron chi connectivity index (χ2n) is 5.09. The Morgan fingerprint density at radius 2 is 1.36 bits per heavy atom. The van der Waals surface area contributed by atoms with E-state index in [4.69, 9.17) is 14.9 Å². The Morgan fingerprint density at radius 1 is 1.00 bits per heavy atom. The summed E-state index contributed by atoms with van der Waals surface area (Å²) >= 11 is 0. The summed E-state index contributed by atoms with van der Waals surface area (Å²) in [6.45, 7) is 8.68. The van der Waals surface area contributed by atoms with Crippen molar-refractivity contribution < 1.29 is 14.9 Å². The van der Waals surface area contributed by atoms with E-state index in [2.05, 4.69) is 27.7 Å². The van der Waals surface area contributed by atoms with Crippen molar-refractivity contribution in [3.8, 4) is 0 Å². The molecule has 0 aromatic carbocycles. The van der Waals surface area contributed by atoms with E-state index in [1.54, 1.807) is 0 Å². The smallest absolute Gasteiger partial charge is 0.267 e. The van der Waals surface area contributed by atoms with Gasteiger partial charge in [0.05, 0.1) is 5.60 Å². The van der Waals surface area contributed by atoms with Crippen molar-refractivity contribution in [1.29, 1.82) is 0 Å². The standard InChI is InChI=1S/C11H24O3/c1-8(2)6-11(5,7-9(3)4)14-10(12)13/h8-10,12-13H,6-7H2,1-5H3. The van der Waals surface area contributed by atoms with E-state index >= 15 is 0 Å². The molecule has 2 N–H and O–H groups in total. The molecular weight excluding hydrogens is 180 g/mol. The first-order chi connectivity index (χ1) is 6.25. The molecule has 0 heterocycles. The zero-order chi connectivity index (χ0) is 11.4. The Balaban J connectivity index is 4.32. The average Bonchev–Trinajstić information content (AvgIpc) is 1.76. The van der Waals surface area contributed by atoms with Crippen molar-refractivity contribution in [3.05, 3.63) is 0 Å². The highest BCUT2D eigenvalue weighted by Gasteiger charge is 2.29. The fourth-order valence-corrected chi connectivity index (χ4v) is 2.16. The lowest BCUT2D eigenvalue weighted by atomic mass is 9.86. The Morgan fingerprint density at radius 3 is 1.57 bits per heavy atom. The SMILES string of the molecule is CC(C)CC(C)(CC(C)C)OC(O)O. The van der Waals surface area contributed by atoms with Crippen molar-refractivity contribution in [1.82, 2.24) is 0 Å². The van der Waals surface area contributed by atoms with Crippen LogP contribution in [0.1, 0.15) is 47.5 Å². The minimum atomic E-state index is -1.67. The Kier molecular flexibility index (Phi) is 5.64. The van der Waals surface area contributed by atoms with Crippen LogP contribution in [0.4, 0.5) is 0 Å². The van der Waals surface area contributed by atoms with Crippen LogP contribution in [0.15, 0.2) is 0 Å². The molecule has 0 aliphatic rings. The van der Waals surface area contributed by atoms with Gasteiger partial charge in [-0.1, -0.05) is 27.7 Å². The van der Waals surface area contributed by atoms with E-state index in [0.29, 0.717) is 11.8 Å². The molecule has 0 aliphatic carbocycles. The number of hydrogen-bond acceptors (Lipinski definition) is 3. The number of aliphatic hydroxyl groups excluding tert-OH is 1. The molecule has 0 aromatic rings. The Labute approximate surface area is 87.1 Å². The average molecular weight is 204 g/mol. The van der Waals surface area contributed by atoms with Gasteiger partial charge in [-0.25, -0.2) is 0 Å². The van der Waals surface area contributed by atoms with E-state index in [1.807, 2.05) is 6.92 Å². The molecule has 3 heteroatoms. The monoisotopic (exact) mass is 204 g/mol. The van der Waals surface area contributed by atoms with E-state index in [9.17, 15) is 0 Å². The fourth-order valence-electron chi connectivity index (χ4n) is 2.16. The lowest BCUT2D eigenvalue weighted by Crippen LogP contribution is -2.36. The second-order valence-corrected chi connectivity index (χ2v) is 5.09. The van der Waals surface area contributed by atoms with E-state index in [1.165, 1.54) is 0 Å². The predicted molar refractivity (Wildman–Crippen MR) is 56.6 cm³/mol. The lowest BCUT2D eigenvalue weighted by molar-refractivity contribution is -0.288. The van der Waals surface area contributed by atoms with Gasteiger partial charge in [0, 0.05) is 0 Å². The molecular formula is C11H24O3. The van der Waals surface area contributed by atoms with Gasteiger partial charge >= 0.3 is 0 Å². The molecule has 0 spiro atoms. The maximum atomic E-state index is 8.85. The first-order valence-electron chi connectivity index (χ1n) is 5.29. The van der Waals surface area contributed by atoms with Crippen molar-refractivity contribution >= 4 is 0 Å². The highest BCUT2D eigenvalue weighted by molar-refractivity contribution is 4.78. The van der Waals surface area contributed by atoms with Crippen molar-refractivity contribution in [2.24, 2.45) is 11.8 Å². The first kappa shape index (κ1) is 13.9. The van der Waals surface area contributed by atoms with Crippen LogP contribution in [0.2, 0.25) is 0 Å². The minimum Gasteiger partial charge on any atom is -0.346 e. The molecule has 14 heavy (non-hydrogen) atoms. The second kappa shape index (κ2) is 5.69. The molecule has 0 fully saturated rings. The molecule has 0 atom stereocenters. The highest BCUT2D eigenvalue weighted by atomic mass is 16.7. The van der Waals surface area contributed by atoms with Crippen LogP contribution in [-0.2, 0) is 4.74 Å². The molecule has 86 valence electrons. The highest BCUT2D eigenvalue weighted by Crippen LogP contribution is 2.28. The zero-order valence-corrected chi connectivity index (χ0v) is 9.95. The summed E-state index contributed by atoms with van der Waals surface area (Å²) in [6, 6.07) is 0. The number of aliphatic hydroxyl groups is 2. The topological polar surface area (TPSA) is 49.7 Å². The number of hydrogen-bond donors (Lipinski definition) is 2. The third-order valence-electron chi connectivity index (χ3n) is 2.07. The van der Waals surface area contributed by atoms with Gasteiger partial charge in [0.2, 0.25) is 0 Å². The molecule has 3 nitrogen and oxygen atoms in total. The normalized spacial score (nSPS) is 13.3. The number of ether oxygens (including phenoxy) is 1. The van der Waals surface area contributed by atoms with Crippen LogP contribution in [0.3, 0.4) is 0 Å². The van der Waals surface area contributed by atoms with Crippen LogP contribution >= 0.6 is 0 Å². The van der Waals surface area contributed by atoms with Crippen LogP contribution in [0.5, 0.6) is 0 Å². The predicted octanol–water partition coefficient (Wildman–Crippen LogP) is 2.12. The van der Waals surface area contributed by atoms with Crippen LogP contribution in [0.25, 0.3) is 0 Å². The molecule has 0 aromatic heterocycles. The maximum absolute atomic E-state index is 8.85. The summed E-state index contributed by atoms with van der Waals surface area (Å²) in [4.78, 5) is 0. The van der Waals surface area contributed by atoms with E-state index in [-0.39, 0.29) is 0 Å². The molecule has 0 rings (SSSR count). The fraction of sp³-hybridized carbons (Fsp3) is 1.00. The summed E-state index contributed by atoms with van der Waals surface area (Å²) in [5, 5.41) is 17.7. The third kappa shape index (κ3) is 6.35. The summed E-state index contributed by atoms with van der Waals surface area (Å²) < 4.78 is 5.17. The van der Waals surface area contributed by atoms with Gasteiger partial charge in [-0.2, -0.15) is 0 Å². The molecule has 0 saturated carbocycles. The largest absolute Gasteiger partial charge is 0.346 e. The van der Waals surface area contributed by atoms with Crippen molar-refractivity contribution in [3.63, 3.8) is 0 Å². The summed E-state index contributed by atoms with van der Waals surface area (Å²) in [7, 11) is 0. The third-order valence-corrected chi connectivity index (χ3v) is 2.07. The minimum absolute atomic E-state index is 0.434. The molecule has 0 saturated heterocycles. The summed E-state index contributed by atoms with van der Waals surface area (Å²) in [6.07, 6.45) is 1.67. The van der Waals surface area contributed by atoms with Crippen LogP contribution in [0, 0.1) is 11.8 Å². The Bertz CT molecular complexity index is 126. The van der Waals surface area contributed by atoms with Crippen LogP contribution in [-0.4, -0.2) is 22.3 Å². The van der Waals surface area contributed by atoms with Gasteiger partial charge < -0.3 is 14.9 Å². The van der Waals surface area contributed by atoms with Gasteiger partial charge in [-0.05, 0) is 31.6 Å². The lowest BCUT2D eigenvalue weighted by Gasteiger charge is -2.33. The van der Waals surface area contributed by atoms with Crippen molar-refractivity contribution in [2.45, 2.75) is 59.5 Å². The Hall–Kier alpha value is -0.120. The summed E-state index contributed by atoms with van der Waals surface area (Å²) in [5.41, 5.74) is -0.434. The number of rotatable bonds is 6. The molecule has 0 bridgehead atoms. The van der Waals surface area contributed by atoms with Gasteiger partial charge in [-0.15, -0.1) is 0 Å². The molecule has 0 radical (unpaired) electrons. The maximum Gasteiger partial charge on any atom is 0.267 e. The summed E-state index contributed by atoms with van der Waals surface area (Å²) in [5.74, 6) is 0.968. The van der Waals surface area contributed by atoms with E-state index < -0.39 is 12.1 Å². The van der Waals surface area contributed by atoms with Gasteiger partial charge in [0.25, 0.3) is 6.48 Å². The van der Waals surface area contributed by atoms with Crippen LogP contribution < -0.4 is 0 Å². The van der Waals surface area contributed by atoms with Gasteiger partial charge in [-0.3, -0.25) is 0 Å². The molecule has 0 aliphatic heterocycles. The quantitative estimate of drug-likeness (QED) is 0.652. The molecule has 0 amide bonds. The van der Waals surface area contributed by atoms with Gasteiger partial charge in [0.15, 0.2) is 0 Å². The molecule has 0 unspecified atom stereocenters.